The lowest BCUT2D eigenvalue weighted by molar-refractivity contribution is 0.0000137. The van der Waals surface area contributed by atoms with Gasteiger partial charge in [-0.1, -0.05) is 30.3 Å². The molecule has 1 aliphatic rings. The molecule has 0 amide bonds. The van der Waals surface area contributed by atoms with Crippen LogP contribution < -0.4 is 14.8 Å². The second kappa shape index (κ2) is 8.71. The average molecular weight is 327 g/mol. The topological polar surface area (TPSA) is 39.7 Å². The molecule has 0 spiro atoms. The molecule has 1 heterocycles. The Labute approximate surface area is 143 Å². The first-order valence-corrected chi connectivity index (χ1v) is 8.51. The molecule has 0 radical (unpaired) electrons. The van der Waals surface area contributed by atoms with E-state index in [0.29, 0.717) is 6.61 Å². The van der Waals surface area contributed by atoms with Crippen LogP contribution in [0.25, 0.3) is 0 Å². The van der Waals surface area contributed by atoms with Gasteiger partial charge in [0.15, 0.2) is 0 Å². The Balaban J connectivity index is 1.58. The third-order valence-corrected chi connectivity index (χ3v) is 4.22. The van der Waals surface area contributed by atoms with Crippen LogP contribution in [0.15, 0.2) is 48.5 Å². The van der Waals surface area contributed by atoms with Crippen molar-refractivity contribution in [3.05, 3.63) is 59.7 Å². The van der Waals surface area contributed by atoms with E-state index < -0.39 is 0 Å². The highest BCUT2D eigenvalue weighted by atomic mass is 16.5. The molecule has 1 saturated heterocycles. The molecule has 1 fully saturated rings. The SMILES string of the molecule is COc1cccc(CCc2ccccc2OC[C@@H]2CNCCO2)c1. The zero-order chi connectivity index (χ0) is 16.6. The Hall–Kier alpha value is -2.04. The van der Waals surface area contributed by atoms with Crippen LogP contribution in [0.5, 0.6) is 11.5 Å². The number of rotatable bonds is 7. The van der Waals surface area contributed by atoms with Crippen molar-refractivity contribution in [1.29, 1.82) is 0 Å². The van der Waals surface area contributed by atoms with Crippen molar-refractivity contribution in [1.82, 2.24) is 5.32 Å². The second-order valence-corrected chi connectivity index (χ2v) is 5.97. The summed E-state index contributed by atoms with van der Waals surface area (Å²) in [5.41, 5.74) is 2.49. The molecule has 1 atom stereocenters. The molecule has 1 aliphatic heterocycles. The van der Waals surface area contributed by atoms with E-state index in [-0.39, 0.29) is 6.10 Å². The van der Waals surface area contributed by atoms with E-state index in [4.69, 9.17) is 14.2 Å². The number of morpholine rings is 1. The molecule has 2 aromatic carbocycles. The summed E-state index contributed by atoms with van der Waals surface area (Å²) in [6.07, 6.45) is 2.02. The van der Waals surface area contributed by atoms with Crippen LogP contribution in [0.1, 0.15) is 11.1 Å². The average Bonchev–Trinajstić information content (AvgIpc) is 2.66. The predicted molar refractivity (Wildman–Crippen MR) is 94.9 cm³/mol. The monoisotopic (exact) mass is 327 g/mol. The van der Waals surface area contributed by atoms with Gasteiger partial charge in [-0.25, -0.2) is 0 Å². The molecule has 4 heteroatoms. The Morgan fingerprint density at radius 2 is 2.04 bits per heavy atom. The third kappa shape index (κ3) is 4.73. The van der Waals surface area contributed by atoms with Crippen molar-refractivity contribution in [3.8, 4) is 11.5 Å². The lowest BCUT2D eigenvalue weighted by atomic mass is 10.0. The molecule has 0 bridgehead atoms. The van der Waals surface area contributed by atoms with E-state index in [0.717, 1.165) is 44.0 Å². The number of hydrogen-bond acceptors (Lipinski definition) is 4. The van der Waals surface area contributed by atoms with Gasteiger partial charge >= 0.3 is 0 Å². The summed E-state index contributed by atoms with van der Waals surface area (Å²) in [4.78, 5) is 0. The summed E-state index contributed by atoms with van der Waals surface area (Å²) < 4.78 is 17.0. The molecule has 2 aromatic rings. The van der Waals surface area contributed by atoms with Crippen LogP contribution in [-0.4, -0.2) is 39.5 Å². The van der Waals surface area contributed by atoms with Crippen molar-refractivity contribution in [3.63, 3.8) is 0 Å². The van der Waals surface area contributed by atoms with Gasteiger partial charge in [-0.2, -0.15) is 0 Å². The molecule has 0 aromatic heterocycles. The fourth-order valence-electron chi connectivity index (χ4n) is 2.87. The summed E-state index contributed by atoms with van der Waals surface area (Å²) >= 11 is 0. The smallest absolute Gasteiger partial charge is 0.122 e. The fourth-order valence-corrected chi connectivity index (χ4v) is 2.87. The molecule has 0 saturated carbocycles. The van der Waals surface area contributed by atoms with Gasteiger partial charge in [0.25, 0.3) is 0 Å². The van der Waals surface area contributed by atoms with Crippen molar-refractivity contribution < 1.29 is 14.2 Å². The van der Waals surface area contributed by atoms with Gasteiger partial charge in [0.05, 0.1) is 13.7 Å². The lowest BCUT2D eigenvalue weighted by Gasteiger charge is -2.24. The van der Waals surface area contributed by atoms with E-state index >= 15 is 0 Å². The number of nitrogens with one attached hydrogen (secondary N) is 1. The third-order valence-electron chi connectivity index (χ3n) is 4.22. The highest BCUT2D eigenvalue weighted by Gasteiger charge is 2.14. The van der Waals surface area contributed by atoms with Gasteiger partial charge in [-0.15, -0.1) is 0 Å². The van der Waals surface area contributed by atoms with Gasteiger partial charge in [0, 0.05) is 13.1 Å². The van der Waals surface area contributed by atoms with Crippen molar-refractivity contribution in [2.45, 2.75) is 18.9 Å². The van der Waals surface area contributed by atoms with Crippen molar-refractivity contribution in [2.24, 2.45) is 0 Å². The summed E-state index contributed by atoms with van der Waals surface area (Å²) in [6, 6.07) is 16.5. The minimum absolute atomic E-state index is 0.130. The van der Waals surface area contributed by atoms with Gasteiger partial charge < -0.3 is 19.5 Å². The second-order valence-electron chi connectivity index (χ2n) is 5.97. The van der Waals surface area contributed by atoms with Gasteiger partial charge in [-0.3, -0.25) is 0 Å². The standard InChI is InChI=1S/C20H25NO3/c1-22-18-7-4-5-16(13-18)9-10-17-6-2-3-8-20(17)24-15-19-14-21-11-12-23-19/h2-8,13,19,21H,9-12,14-15H2,1H3/t19-/m0/s1. The Morgan fingerprint density at radius 1 is 1.12 bits per heavy atom. The van der Waals surface area contributed by atoms with Gasteiger partial charge in [0.1, 0.15) is 24.2 Å². The van der Waals surface area contributed by atoms with Gasteiger partial charge in [0.2, 0.25) is 0 Å². The summed E-state index contributed by atoms with van der Waals surface area (Å²) in [5.74, 6) is 1.86. The van der Waals surface area contributed by atoms with Crippen molar-refractivity contribution in [2.75, 3.05) is 33.4 Å². The highest BCUT2D eigenvalue weighted by molar-refractivity contribution is 5.35. The number of aryl methyl sites for hydroxylation is 2. The molecule has 4 nitrogen and oxygen atoms in total. The Morgan fingerprint density at radius 3 is 2.88 bits per heavy atom. The Bertz CT molecular complexity index is 638. The largest absolute Gasteiger partial charge is 0.497 e. The number of ether oxygens (including phenoxy) is 3. The molecular formula is C20H25NO3. The molecule has 1 N–H and O–H groups in total. The summed E-state index contributed by atoms with van der Waals surface area (Å²) in [5, 5.41) is 3.33. The van der Waals surface area contributed by atoms with Crippen LogP contribution in [0.2, 0.25) is 0 Å². The molecule has 0 aliphatic carbocycles. The molecule has 3 rings (SSSR count). The minimum atomic E-state index is 0.130. The first-order valence-electron chi connectivity index (χ1n) is 8.51. The van der Waals surface area contributed by atoms with Gasteiger partial charge in [-0.05, 0) is 42.2 Å². The zero-order valence-corrected chi connectivity index (χ0v) is 14.2. The molecule has 128 valence electrons. The van der Waals surface area contributed by atoms with Crippen LogP contribution in [0, 0.1) is 0 Å². The lowest BCUT2D eigenvalue weighted by Crippen LogP contribution is -2.41. The number of hydrogen-bond donors (Lipinski definition) is 1. The number of para-hydroxylation sites is 1. The van der Waals surface area contributed by atoms with Crippen LogP contribution in [0.4, 0.5) is 0 Å². The van der Waals surface area contributed by atoms with Crippen LogP contribution >= 0.6 is 0 Å². The summed E-state index contributed by atoms with van der Waals surface area (Å²) in [6.45, 7) is 3.12. The van der Waals surface area contributed by atoms with Crippen LogP contribution in [0.3, 0.4) is 0 Å². The van der Waals surface area contributed by atoms with E-state index in [1.54, 1.807) is 7.11 Å². The first-order chi connectivity index (χ1) is 11.8. The van der Waals surface area contributed by atoms with E-state index in [9.17, 15) is 0 Å². The normalized spacial score (nSPS) is 17.5. The maximum Gasteiger partial charge on any atom is 0.122 e. The van der Waals surface area contributed by atoms with Crippen molar-refractivity contribution >= 4 is 0 Å². The summed E-state index contributed by atoms with van der Waals surface area (Å²) in [7, 11) is 1.70. The van der Waals surface area contributed by atoms with Crippen LogP contribution in [-0.2, 0) is 17.6 Å². The minimum Gasteiger partial charge on any atom is -0.497 e. The number of methoxy groups -OCH3 is 1. The molecular weight excluding hydrogens is 302 g/mol. The Kier molecular flexibility index (Phi) is 6.10. The highest BCUT2D eigenvalue weighted by Crippen LogP contribution is 2.22. The van der Waals surface area contributed by atoms with E-state index in [1.165, 1.54) is 11.1 Å². The molecule has 0 unspecified atom stereocenters. The van der Waals surface area contributed by atoms with E-state index in [1.807, 2.05) is 24.3 Å². The maximum atomic E-state index is 6.02. The maximum absolute atomic E-state index is 6.02. The first kappa shape index (κ1) is 16.8. The molecule has 24 heavy (non-hydrogen) atoms. The number of benzene rings is 2. The predicted octanol–water partition coefficient (Wildman–Crippen LogP) is 2.85. The van der Waals surface area contributed by atoms with E-state index in [2.05, 4.69) is 29.6 Å². The fraction of sp³-hybridized carbons (Fsp3) is 0.400. The quantitative estimate of drug-likeness (QED) is 0.849. The zero-order valence-electron chi connectivity index (χ0n) is 14.2.